The van der Waals surface area contributed by atoms with Gasteiger partial charge in [0.2, 0.25) is 5.91 Å². The van der Waals surface area contributed by atoms with E-state index in [1.807, 2.05) is 6.92 Å². The number of amides is 2. The van der Waals surface area contributed by atoms with Gasteiger partial charge in [0, 0.05) is 5.69 Å². The molecule has 238 valence electrons. The molecule has 4 aromatic rings. The van der Waals surface area contributed by atoms with Gasteiger partial charge in [-0.1, -0.05) is 35.9 Å². The highest BCUT2D eigenvalue weighted by Crippen LogP contribution is 2.28. The third-order valence-electron chi connectivity index (χ3n) is 7.12. The fraction of sp³-hybridized carbons (Fsp3) is 0.226. The molecule has 1 aromatic heterocycles. The van der Waals surface area contributed by atoms with E-state index < -0.39 is 33.8 Å². The molecule has 1 aliphatic heterocycles. The van der Waals surface area contributed by atoms with Gasteiger partial charge < -0.3 is 19.5 Å². The second-order valence-electron chi connectivity index (χ2n) is 10.3. The van der Waals surface area contributed by atoms with E-state index in [9.17, 15) is 22.8 Å². The van der Waals surface area contributed by atoms with E-state index in [2.05, 4.69) is 15.0 Å². The van der Waals surface area contributed by atoms with Gasteiger partial charge in [0.25, 0.3) is 27.2 Å². The second kappa shape index (κ2) is 13.5. The Hall–Kier alpha value is -5.15. The molecule has 3 aromatic carbocycles. The Labute approximate surface area is 270 Å². The number of esters is 1. The summed E-state index contributed by atoms with van der Waals surface area (Å²) >= 11 is 5.75. The van der Waals surface area contributed by atoms with Crippen molar-refractivity contribution in [2.24, 2.45) is 11.4 Å². The molecular formula is C31H30N6O7S2. The van der Waals surface area contributed by atoms with Gasteiger partial charge in [-0.25, -0.2) is 9.48 Å². The summed E-state index contributed by atoms with van der Waals surface area (Å²) in [6.07, 6.45) is -0.301. The first-order valence-corrected chi connectivity index (χ1v) is 16.0. The number of nitrogens with zero attached hydrogens (tertiary/aromatic N) is 5. The van der Waals surface area contributed by atoms with Crippen molar-refractivity contribution < 1.29 is 36.7 Å². The van der Waals surface area contributed by atoms with Crippen LogP contribution < -0.4 is 25.7 Å². The lowest BCUT2D eigenvalue weighted by atomic mass is 10.1. The highest BCUT2D eigenvalue weighted by molar-refractivity contribution is 7.90. The van der Waals surface area contributed by atoms with Crippen LogP contribution in [0.1, 0.15) is 35.0 Å². The maximum absolute atomic E-state index is 13.8. The van der Waals surface area contributed by atoms with Gasteiger partial charge in [-0.05, 0) is 74.6 Å². The number of ether oxygens (including phenoxy) is 1. The van der Waals surface area contributed by atoms with Gasteiger partial charge in [-0.15, -0.1) is 4.40 Å². The van der Waals surface area contributed by atoms with E-state index in [0.717, 1.165) is 5.56 Å². The molecule has 0 spiro atoms. The van der Waals surface area contributed by atoms with Crippen molar-refractivity contribution in [2.45, 2.75) is 37.8 Å². The summed E-state index contributed by atoms with van der Waals surface area (Å²) in [6.45, 7) is 3.62. The number of thiocarbonyl (C=S) groups is 1. The van der Waals surface area contributed by atoms with Gasteiger partial charge in [0.1, 0.15) is 19.6 Å². The van der Waals surface area contributed by atoms with E-state index in [1.54, 1.807) is 61.5 Å². The fourth-order valence-corrected chi connectivity index (χ4v) is 6.06. The number of hydrogen-bond donors (Lipinski definition) is 1. The molecule has 2 amide bonds. The summed E-state index contributed by atoms with van der Waals surface area (Å²) < 4.78 is 41.7. The van der Waals surface area contributed by atoms with Gasteiger partial charge in [-0.3, -0.25) is 19.8 Å². The molecule has 1 N–H and O–H groups in total. The van der Waals surface area contributed by atoms with Crippen LogP contribution in [0.5, 0.6) is 0 Å². The number of sulfonamides is 1. The Morgan fingerprint density at radius 3 is 2.39 bits per heavy atom. The smallest absolute Gasteiger partial charge is 0.338 e. The van der Waals surface area contributed by atoms with Crippen LogP contribution in [0, 0.1) is 6.92 Å². The molecule has 1 unspecified atom stereocenters. The Morgan fingerprint density at radius 2 is 1.74 bits per heavy atom. The van der Waals surface area contributed by atoms with E-state index >= 15 is 0 Å². The highest BCUT2D eigenvalue weighted by Gasteiger charge is 2.45. The Balaban J connectivity index is 1.44. The average molecular weight is 663 g/mol. The average Bonchev–Trinajstić information content (AvgIpc) is 3.48. The fourth-order valence-electron chi connectivity index (χ4n) is 4.73. The zero-order valence-corrected chi connectivity index (χ0v) is 26.7. The molecule has 1 aliphatic rings. The Morgan fingerprint density at radius 1 is 1.07 bits per heavy atom. The molecule has 0 aliphatic carbocycles. The maximum atomic E-state index is 13.8. The van der Waals surface area contributed by atoms with Crippen LogP contribution in [0.25, 0.3) is 0 Å². The summed E-state index contributed by atoms with van der Waals surface area (Å²) in [4.78, 5) is 41.9. The molecule has 0 bridgehead atoms. The van der Waals surface area contributed by atoms with Crippen molar-refractivity contribution in [2.75, 3.05) is 16.8 Å². The standard InChI is InChI=1S/C31H30N6O7S2/c1-4-43-30(40)21-12-14-22(15-13-21)32-27(38)18-25-29(39)37(23-8-6-5-7-9-23)31(45)36(25)19-26-28(44-34-35(26)3)33-46(41,42)24-16-10-20(2)11-17-24/h5-17,25H,4,18-19H2,1-3H3,(H,32,38)/b33-28-. The number of anilines is 2. The first-order chi connectivity index (χ1) is 22.0. The summed E-state index contributed by atoms with van der Waals surface area (Å²) in [5, 5.41) is 6.69. The molecule has 46 heavy (non-hydrogen) atoms. The molecule has 1 fully saturated rings. The third-order valence-corrected chi connectivity index (χ3v) is 8.81. The number of nitrogens with one attached hydrogen (secondary N) is 1. The molecule has 0 saturated carbocycles. The number of benzene rings is 3. The molecule has 1 atom stereocenters. The van der Waals surface area contributed by atoms with Crippen LogP contribution in [0.4, 0.5) is 11.4 Å². The largest absolute Gasteiger partial charge is 0.486 e. The van der Waals surface area contributed by atoms with Crippen LogP contribution in [0.2, 0.25) is 0 Å². The topological polar surface area (TPSA) is 157 Å². The van der Waals surface area contributed by atoms with Gasteiger partial charge in [0.05, 0.1) is 29.2 Å². The lowest BCUT2D eigenvalue weighted by Crippen LogP contribution is -2.45. The number of aromatic nitrogens is 2. The second-order valence-corrected chi connectivity index (χ2v) is 12.3. The number of carbonyl (C=O) groups is 3. The van der Waals surface area contributed by atoms with Crippen LogP contribution in [0.15, 0.2) is 92.7 Å². The zero-order valence-electron chi connectivity index (χ0n) is 25.1. The predicted octanol–water partition coefficient (Wildman–Crippen LogP) is 2.37. The summed E-state index contributed by atoms with van der Waals surface area (Å²) in [6, 6.07) is 20.0. The number of hydrogen-bond acceptors (Lipinski definition) is 8. The van der Waals surface area contributed by atoms with Crippen molar-refractivity contribution in [3.63, 3.8) is 0 Å². The normalized spacial score (nSPS) is 15.4. The maximum Gasteiger partial charge on any atom is 0.338 e. The van der Waals surface area contributed by atoms with Crippen LogP contribution in [0.3, 0.4) is 0 Å². The van der Waals surface area contributed by atoms with E-state index in [0.29, 0.717) is 16.9 Å². The van der Waals surface area contributed by atoms with E-state index in [-0.39, 0.29) is 40.8 Å². The van der Waals surface area contributed by atoms with E-state index in [4.69, 9.17) is 21.5 Å². The summed E-state index contributed by atoms with van der Waals surface area (Å²) in [5.74, 6) is -1.43. The summed E-state index contributed by atoms with van der Waals surface area (Å²) in [7, 11) is -2.64. The first-order valence-electron chi connectivity index (χ1n) is 14.1. The number of para-hydroxylation sites is 1. The minimum Gasteiger partial charge on any atom is -0.486 e. The van der Waals surface area contributed by atoms with Crippen LogP contribution in [-0.4, -0.2) is 48.9 Å². The first kappa shape index (κ1) is 32.2. The van der Waals surface area contributed by atoms with Crippen LogP contribution in [-0.2, 0) is 37.9 Å². The molecule has 15 heteroatoms. The van der Waals surface area contributed by atoms with Crippen molar-refractivity contribution >= 4 is 56.5 Å². The van der Waals surface area contributed by atoms with Crippen molar-refractivity contribution in [1.29, 1.82) is 0 Å². The van der Waals surface area contributed by atoms with Gasteiger partial charge in [-0.2, -0.15) is 8.42 Å². The SMILES string of the molecule is CCOC(=O)c1ccc(NC(=O)CC2C(=O)N(c3ccccc3)C(=S)N2Cc2/c(=N/S(=O)(=O)c3ccc(C)cc3)o[n-][n+]2C)cc1. The molecule has 2 heterocycles. The van der Waals surface area contributed by atoms with Crippen LogP contribution >= 0.6 is 12.2 Å². The molecule has 0 radical (unpaired) electrons. The van der Waals surface area contributed by atoms with Gasteiger partial charge in [0.15, 0.2) is 5.11 Å². The van der Waals surface area contributed by atoms with E-state index in [1.165, 1.54) is 45.8 Å². The number of rotatable bonds is 10. The Kier molecular flexibility index (Phi) is 9.44. The van der Waals surface area contributed by atoms with Crippen molar-refractivity contribution in [1.82, 2.24) is 10.2 Å². The third kappa shape index (κ3) is 6.89. The highest BCUT2D eigenvalue weighted by atomic mass is 32.2. The zero-order chi connectivity index (χ0) is 33.0. The lowest BCUT2D eigenvalue weighted by Gasteiger charge is -2.22. The monoisotopic (exact) mass is 662 g/mol. The van der Waals surface area contributed by atoms with Gasteiger partial charge >= 0.3 is 5.97 Å². The predicted molar refractivity (Wildman–Crippen MR) is 169 cm³/mol. The van der Waals surface area contributed by atoms with Crippen molar-refractivity contribution in [3.05, 3.63) is 101 Å². The quantitative estimate of drug-likeness (QED) is 0.152. The molecular weight excluding hydrogens is 633 g/mol. The minimum atomic E-state index is -4.17. The van der Waals surface area contributed by atoms with Crippen molar-refractivity contribution in [3.8, 4) is 0 Å². The Bertz CT molecular complexity index is 1950. The molecule has 1 saturated heterocycles. The molecule has 5 rings (SSSR count). The lowest BCUT2D eigenvalue weighted by molar-refractivity contribution is -0.752. The number of carbonyl (C=O) groups excluding carboxylic acids is 3. The minimum absolute atomic E-state index is 0.0323. The number of aryl methyl sites for hydroxylation is 2. The molecule has 13 nitrogen and oxygen atoms in total. The summed E-state index contributed by atoms with van der Waals surface area (Å²) in [5.41, 5.74) is 2.03.